The van der Waals surface area contributed by atoms with Gasteiger partial charge >= 0.3 is 5.76 Å². The SMILES string of the molecule is COc1ccc(C(N)c2ccc3[nH]c(=O)oc3c2)c(F)c1. The summed E-state index contributed by atoms with van der Waals surface area (Å²) in [6, 6.07) is 8.87. The van der Waals surface area contributed by atoms with Gasteiger partial charge in [-0.25, -0.2) is 9.18 Å². The van der Waals surface area contributed by atoms with Gasteiger partial charge in [-0.2, -0.15) is 0 Å². The summed E-state index contributed by atoms with van der Waals surface area (Å²) < 4.78 is 24.0. The van der Waals surface area contributed by atoms with Gasteiger partial charge in [-0.3, -0.25) is 4.98 Å². The minimum atomic E-state index is -0.666. The highest BCUT2D eigenvalue weighted by atomic mass is 19.1. The zero-order chi connectivity index (χ0) is 15.0. The molecule has 2 aromatic carbocycles. The van der Waals surface area contributed by atoms with E-state index in [1.807, 2.05) is 0 Å². The Morgan fingerprint density at radius 2 is 2.10 bits per heavy atom. The molecule has 1 unspecified atom stereocenters. The van der Waals surface area contributed by atoms with Gasteiger partial charge in [-0.15, -0.1) is 0 Å². The molecule has 3 N–H and O–H groups in total. The molecule has 0 radical (unpaired) electrons. The Balaban J connectivity index is 2.02. The van der Waals surface area contributed by atoms with Gasteiger partial charge in [0.15, 0.2) is 5.58 Å². The Morgan fingerprint density at radius 3 is 2.81 bits per heavy atom. The van der Waals surface area contributed by atoms with Gasteiger partial charge < -0.3 is 14.9 Å². The summed E-state index contributed by atoms with van der Waals surface area (Å²) in [5, 5.41) is 0. The normalized spacial score (nSPS) is 12.5. The molecule has 0 saturated heterocycles. The summed E-state index contributed by atoms with van der Waals surface area (Å²) in [4.78, 5) is 13.7. The number of hydrogen-bond donors (Lipinski definition) is 2. The van der Waals surface area contributed by atoms with E-state index in [-0.39, 0.29) is 0 Å². The predicted molar refractivity (Wildman–Crippen MR) is 75.8 cm³/mol. The molecule has 0 aliphatic rings. The van der Waals surface area contributed by atoms with Gasteiger partial charge in [0.25, 0.3) is 0 Å². The number of halogens is 1. The van der Waals surface area contributed by atoms with E-state index in [9.17, 15) is 9.18 Å². The molecule has 0 spiro atoms. The average molecular weight is 288 g/mol. The van der Waals surface area contributed by atoms with Crippen molar-refractivity contribution in [3.8, 4) is 5.75 Å². The first-order valence-electron chi connectivity index (χ1n) is 6.30. The molecule has 0 amide bonds. The third-order valence-electron chi connectivity index (χ3n) is 3.35. The molecule has 5 nitrogen and oxygen atoms in total. The number of hydrogen-bond acceptors (Lipinski definition) is 4. The van der Waals surface area contributed by atoms with E-state index >= 15 is 0 Å². The van der Waals surface area contributed by atoms with Crippen LogP contribution in [0.2, 0.25) is 0 Å². The fourth-order valence-electron chi connectivity index (χ4n) is 2.22. The lowest BCUT2D eigenvalue weighted by atomic mass is 9.99. The molecule has 1 aromatic heterocycles. The lowest BCUT2D eigenvalue weighted by Crippen LogP contribution is -2.13. The van der Waals surface area contributed by atoms with Crippen LogP contribution in [0, 0.1) is 5.82 Å². The molecule has 1 atom stereocenters. The number of benzene rings is 2. The molecular weight excluding hydrogens is 275 g/mol. The molecule has 0 bridgehead atoms. The summed E-state index contributed by atoms with van der Waals surface area (Å²) in [6.45, 7) is 0. The second kappa shape index (κ2) is 5.06. The zero-order valence-corrected chi connectivity index (χ0v) is 11.2. The van der Waals surface area contributed by atoms with Crippen molar-refractivity contribution in [2.24, 2.45) is 5.73 Å². The summed E-state index contributed by atoms with van der Waals surface area (Å²) >= 11 is 0. The lowest BCUT2D eigenvalue weighted by molar-refractivity contribution is 0.410. The van der Waals surface area contributed by atoms with E-state index in [1.54, 1.807) is 30.3 Å². The standard InChI is InChI=1S/C15H13FN2O3/c1-20-9-3-4-10(11(16)7-9)14(17)8-2-5-12-13(6-8)21-15(19)18-12/h2-7,14H,17H2,1H3,(H,18,19). The topological polar surface area (TPSA) is 81.2 Å². The third kappa shape index (κ3) is 2.41. The quantitative estimate of drug-likeness (QED) is 0.775. The summed E-state index contributed by atoms with van der Waals surface area (Å²) in [5.41, 5.74) is 8.05. The average Bonchev–Trinajstić information content (AvgIpc) is 2.85. The number of aromatic amines is 1. The molecule has 1 heterocycles. The van der Waals surface area contributed by atoms with E-state index in [1.165, 1.54) is 13.2 Å². The Labute approximate surface area is 119 Å². The molecule has 0 aliphatic carbocycles. The third-order valence-corrected chi connectivity index (χ3v) is 3.35. The fraction of sp³-hybridized carbons (Fsp3) is 0.133. The molecule has 108 valence electrons. The van der Waals surface area contributed by atoms with Gasteiger partial charge in [0, 0.05) is 11.6 Å². The van der Waals surface area contributed by atoms with Crippen LogP contribution in [0.15, 0.2) is 45.6 Å². The first kappa shape index (κ1) is 13.4. The zero-order valence-electron chi connectivity index (χ0n) is 11.2. The van der Waals surface area contributed by atoms with E-state index in [2.05, 4.69) is 4.98 Å². The van der Waals surface area contributed by atoms with E-state index < -0.39 is 17.6 Å². The van der Waals surface area contributed by atoms with Gasteiger partial charge in [0.05, 0.1) is 18.7 Å². The maximum Gasteiger partial charge on any atom is 0.417 e. The number of fused-ring (bicyclic) bond motifs is 1. The second-order valence-corrected chi connectivity index (χ2v) is 4.64. The predicted octanol–water partition coefficient (Wildman–Crippen LogP) is 2.32. The molecule has 0 saturated carbocycles. The molecule has 6 heteroatoms. The van der Waals surface area contributed by atoms with Crippen molar-refractivity contribution in [3.63, 3.8) is 0 Å². The fourth-order valence-corrected chi connectivity index (χ4v) is 2.22. The van der Waals surface area contributed by atoms with Crippen LogP contribution in [0.1, 0.15) is 17.2 Å². The summed E-state index contributed by atoms with van der Waals surface area (Å²) in [5.74, 6) is -0.556. The number of ether oxygens (including phenoxy) is 1. The van der Waals surface area contributed by atoms with Crippen LogP contribution in [-0.2, 0) is 0 Å². The lowest BCUT2D eigenvalue weighted by Gasteiger charge is -2.14. The maximum atomic E-state index is 14.1. The van der Waals surface area contributed by atoms with Gasteiger partial charge in [-0.1, -0.05) is 12.1 Å². The number of H-pyrrole nitrogens is 1. The number of nitrogens with two attached hydrogens (primary N) is 1. The molecule has 0 fully saturated rings. The van der Waals surface area contributed by atoms with E-state index in [4.69, 9.17) is 14.9 Å². The molecule has 3 aromatic rings. The number of methoxy groups -OCH3 is 1. The van der Waals surface area contributed by atoms with Gasteiger partial charge in [0.1, 0.15) is 11.6 Å². The summed E-state index contributed by atoms with van der Waals surface area (Å²) in [6.07, 6.45) is 0. The molecule has 0 aliphatic heterocycles. The summed E-state index contributed by atoms with van der Waals surface area (Å²) in [7, 11) is 1.47. The number of nitrogens with one attached hydrogen (secondary N) is 1. The van der Waals surface area contributed by atoms with Crippen molar-refractivity contribution < 1.29 is 13.5 Å². The molecule has 3 rings (SSSR count). The van der Waals surface area contributed by atoms with Crippen molar-refractivity contribution in [1.82, 2.24) is 4.98 Å². The largest absolute Gasteiger partial charge is 0.497 e. The van der Waals surface area contributed by atoms with Crippen molar-refractivity contribution in [2.75, 3.05) is 7.11 Å². The molecular formula is C15H13FN2O3. The smallest absolute Gasteiger partial charge is 0.417 e. The minimum absolute atomic E-state index is 0.341. The van der Waals surface area contributed by atoms with E-state index in [0.717, 1.165) is 0 Å². The van der Waals surface area contributed by atoms with Crippen molar-refractivity contribution in [3.05, 3.63) is 63.9 Å². The van der Waals surface area contributed by atoms with Crippen molar-refractivity contribution in [1.29, 1.82) is 0 Å². The monoisotopic (exact) mass is 288 g/mol. The van der Waals surface area contributed by atoms with Gasteiger partial charge in [-0.05, 0) is 23.8 Å². The number of rotatable bonds is 3. The van der Waals surface area contributed by atoms with Crippen LogP contribution in [0.25, 0.3) is 11.1 Å². The minimum Gasteiger partial charge on any atom is -0.497 e. The Kier molecular flexibility index (Phi) is 3.23. The Morgan fingerprint density at radius 1 is 1.29 bits per heavy atom. The Hall–Kier alpha value is -2.60. The second-order valence-electron chi connectivity index (χ2n) is 4.64. The maximum absolute atomic E-state index is 14.1. The number of aromatic nitrogens is 1. The first-order valence-corrected chi connectivity index (χ1v) is 6.30. The highest BCUT2D eigenvalue weighted by Crippen LogP contribution is 2.26. The van der Waals surface area contributed by atoms with Crippen LogP contribution in [-0.4, -0.2) is 12.1 Å². The van der Waals surface area contributed by atoms with Crippen LogP contribution >= 0.6 is 0 Å². The van der Waals surface area contributed by atoms with Crippen molar-refractivity contribution in [2.45, 2.75) is 6.04 Å². The van der Waals surface area contributed by atoms with Gasteiger partial charge in [0.2, 0.25) is 0 Å². The van der Waals surface area contributed by atoms with Crippen LogP contribution < -0.4 is 16.2 Å². The highest BCUT2D eigenvalue weighted by molar-refractivity contribution is 5.73. The number of oxazole rings is 1. The highest BCUT2D eigenvalue weighted by Gasteiger charge is 2.15. The Bertz CT molecular complexity index is 853. The van der Waals surface area contributed by atoms with Crippen molar-refractivity contribution >= 4 is 11.1 Å². The van der Waals surface area contributed by atoms with Crippen LogP contribution in [0.4, 0.5) is 4.39 Å². The van der Waals surface area contributed by atoms with E-state index in [0.29, 0.717) is 28.0 Å². The first-order chi connectivity index (χ1) is 10.1. The molecule has 21 heavy (non-hydrogen) atoms. The van der Waals surface area contributed by atoms with Crippen LogP contribution in [0.3, 0.4) is 0 Å². The van der Waals surface area contributed by atoms with Crippen LogP contribution in [0.5, 0.6) is 5.75 Å².